The minimum absolute atomic E-state index is 0.0490. The van der Waals surface area contributed by atoms with Crippen molar-refractivity contribution in [1.29, 1.82) is 0 Å². The van der Waals surface area contributed by atoms with E-state index < -0.39 is 0 Å². The molecule has 0 unspecified atom stereocenters. The first-order valence-corrected chi connectivity index (χ1v) is 10.2. The quantitative estimate of drug-likeness (QED) is 0.751. The molecule has 2 amide bonds. The summed E-state index contributed by atoms with van der Waals surface area (Å²) >= 11 is 0. The van der Waals surface area contributed by atoms with E-state index in [0.717, 1.165) is 31.4 Å². The first kappa shape index (κ1) is 18.8. The zero-order valence-corrected chi connectivity index (χ0v) is 16.1. The van der Waals surface area contributed by atoms with Crippen LogP contribution in [0.3, 0.4) is 0 Å². The van der Waals surface area contributed by atoms with Gasteiger partial charge in [-0.1, -0.05) is 24.4 Å². The Morgan fingerprint density at radius 1 is 1.11 bits per heavy atom. The minimum atomic E-state index is -0.224. The second-order valence-electron chi connectivity index (χ2n) is 7.94. The Hall–Kier alpha value is -2.57. The number of hydrogen-bond acceptors (Lipinski definition) is 5. The molecule has 2 aliphatic rings. The number of carbonyl (C=O) groups is 2. The Balaban J connectivity index is 1.42. The lowest BCUT2D eigenvalue weighted by Gasteiger charge is -2.28. The molecule has 0 aliphatic heterocycles. The average molecular weight is 385 g/mol. The first-order valence-electron chi connectivity index (χ1n) is 10.2. The highest BCUT2D eigenvalue weighted by molar-refractivity contribution is 5.92. The van der Waals surface area contributed by atoms with Crippen molar-refractivity contribution in [3.05, 3.63) is 41.7 Å². The molecule has 0 bridgehead atoms. The topological polar surface area (TPSA) is 88.6 Å². The maximum Gasteiger partial charge on any atom is 0.273 e. The van der Waals surface area contributed by atoms with Crippen molar-refractivity contribution < 1.29 is 18.5 Å². The molecule has 4 rings (SSSR count). The molecule has 0 radical (unpaired) electrons. The summed E-state index contributed by atoms with van der Waals surface area (Å²) in [6.07, 6.45) is 9.21. The Kier molecular flexibility index (Phi) is 5.78. The van der Waals surface area contributed by atoms with Crippen LogP contribution in [0.2, 0.25) is 0 Å². The molecule has 2 aromatic heterocycles. The molecular formula is C21H27N3O4. The molecule has 7 heteroatoms. The van der Waals surface area contributed by atoms with Crippen LogP contribution in [-0.2, 0) is 17.9 Å². The molecule has 150 valence electrons. The second-order valence-corrected chi connectivity index (χ2v) is 7.94. The third-order valence-electron chi connectivity index (χ3n) is 5.58. The van der Waals surface area contributed by atoms with Crippen LogP contribution in [0.5, 0.6) is 0 Å². The van der Waals surface area contributed by atoms with Crippen molar-refractivity contribution in [1.82, 2.24) is 15.4 Å². The van der Waals surface area contributed by atoms with E-state index in [2.05, 4.69) is 10.5 Å². The Morgan fingerprint density at radius 2 is 1.89 bits per heavy atom. The molecule has 2 heterocycles. The van der Waals surface area contributed by atoms with E-state index in [9.17, 15) is 9.59 Å². The zero-order chi connectivity index (χ0) is 19.3. The lowest BCUT2D eigenvalue weighted by molar-refractivity contribution is -0.138. The van der Waals surface area contributed by atoms with E-state index >= 15 is 0 Å². The number of nitrogens with one attached hydrogen (secondary N) is 1. The highest BCUT2D eigenvalue weighted by atomic mass is 16.5. The van der Waals surface area contributed by atoms with Gasteiger partial charge in [0.05, 0.1) is 19.4 Å². The Morgan fingerprint density at radius 3 is 2.61 bits per heavy atom. The van der Waals surface area contributed by atoms with E-state index in [1.807, 2.05) is 12.1 Å². The van der Waals surface area contributed by atoms with E-state index in [-0.39, 0.29) is 30.0 Å². The predicted molar refractivity (Wildman–Crippen MR) is 101 cm³/mol. The summed E-state index contributed by atoms with van der Waals surface area (Å²) in [5, 5.41) is 6.77. The van der Waals surface area contributed by atoms with Gasteiger partial charge in [-0.3, -0.25) is 9.59 Å². The van der Waals surface area contributed by atoms with Crippen LogP contribution in [0.4, 0.5) is 0 Å². The molecular weight excluding hydrogens is 358 g/mol. The van der Waals surface area contributed by atoms with Gasteiger partial charge in [-0.15, -0.1) is 0 Å². The maximum absolute atomic E-state index is 13.1. The lowest BCUT2D eigenvalue weighted by atomic mass is 9.88. The highest BCUT2D eigenvalue weighted by Crippen LogP contribution is 2.28. The summed E-state index contributed by atoms with van der Waals surface area (Å²) in [4.78, 5) is 27.0. The minimum Gasteiger partial charge on any atom is -0.467 e. The third-order valence-corrected chi connectivity index (χ3v) is 5.58. The molecule has 2 aliphatic carbocycles. The molecule has 2 saturated carbocycles. The zero-order valence-electron chi connectivity index (χ0n) is 16.1. The molecule has 2 fully saturated rings. The van der Waals surface area contributed by atoms with Gasteiger partial charge in [-0.25, -0.2) is 0 Å². The summed E-state index contributed by atoms with van der Waals surface area (Å²) < 4.78 is 10.8. The van der Waals surface area contributed by atoms with Crippen molar-refractivity contribution in [2.45, 2.75) is 58.0 Å². The third kappa shape index (κ3) is 4.82. The first-order chi connectivity index (χ1) is 13.7. The van der Waals surface area contributed by atoms with E-state index in [1.54, 1.807) is 17.2 Å². The summed E-state index contributed by atoms with van der Waals surface area (Å²) in [6.45, 7) is 1.34. The fraction of sp³-hybridized carbons (Fsp3) is 0.571. The monoisotopic (exact) mass is 385 g/mol. The number of furan rings is 1. The fourth-order valence-corrected chi connectivity index (χ4v) is 3.74. The standard InChI is InChI=1S/C21H27N3O4/c25-20(22-12-15-8-9-15)19-11-18(28-23-19)14-24(13-17-7-4-10-27-17)21(26)16-5-2-1-3-6-16/h4,7,10-11,15-16H,1-3,5-6,8-9,12-14H2,(H,22,25). The van der Waals surface area contributed by atoms with Crippen LogP contribution in [-0.4, -0.2) is 28.4 Å². The van der Waals surface area contributed by atoms with Crippen molar-refractivity contribution in [3.8, 4) is 0 Å². The molecule has 7 nitrogen and oxygen atoms in total. The van der Waals surface area contributed by atoms with Crippen molar-refractivity contribution in [2.75, 3.05) is 6.54 Å². The van der Waals surface area contributed by atoms with Gasteiger partial charge in [0.25, 0.3) is 5.91 Å². The van der Waals surface area contributed by atoms with Crippen molar-refractivity contribution in [2.24, 2.45) is 11.8 Å². The predicted octanol–water partition coefficient (Wildman–Crippen LogP) is 3.52. The molecule has 28 heavy (non-hydrogen) atoms. The van der Waals surface area contributed by atoms with Crippen LogP contribution in [0.25, 0.3) is 0 Å². The van der Waals surface area contributed by atoms with Crippen molar-refractivity contribution in [3.63, 3.8) is 0 Å². The number of carbonyl (C=O) groups excluding carboxylic acids is 2. The lowest BCUT2D eigenvalue weighted by Crippen LogP contribution is -2.36. The SMILES string of the molecule is O=C(NCC1CC1)c1cc(CN(Cc2ccco2)C(=O)C2CCCCC2)on1. The summed E-state index contributed by atoms with van der Waals surface area (Å²) in [7, 11) is 0. The summed E-state index contributed by atoms with van der Waals surface area (Å²) in [5.74, 6) is 1.78. The normalized spacial score (nSPS) is 17.4. The molecule has 0 aromatic carbocycles. The number of amides is 2. The van der Waals surface area contributed by atoms with Gasteiger partial charge < -0.3 is 19.2 Å². The molecule has 0 atom stereocenters. The second kappa shape index (κ2) is 8.63. The Bertz CT molecular complexity index is 788. The van der Waals surface area contributed by atoms with Crippen LogP contribution < -0.4 is 5.32 Å². The van der Waals surface area contributed by atoms with Crippen LogP contribution in [0, 0.1) is 11.8 Å². The number of aromatic nitrogens is 1. The van der Waals surface area contributed by atoms with Gasteiger partial charge in [0.1, 0.15) is 5.76 Å². The summed E-state index contributed by atoms with van der Waals surface area (Å²) in [6, 6.07) is 5.30. The Labute approximate surface area is 164 Å². The van der Waals surface area contributed by atoms with E-state index in [1.165, 1.54) is 19.3 Å². The van der Waals surface area contributed by atoms with Gasteiger partial charge in [0, 0.05) is 18.5 Å². The van der Waals surface area contributed by atoms with Crippen molar-refractivity contribution >= 4 is 11.8 Å². The van der Waals surface area contributed by atoms with E-state index in [0.29, 0.717) is 24.8 Å². The van der Waals surface area contributed by atoms with Gasteiger partial charge in [-0.05, 0) is 43.7 Å². The fourth-order valence-electron chi connectivity index (χ4n) is 3.74. The smallest absolute Gasteiger partial charge is 0.273 e. The molecule has 1 N–H and O–H groups in total. The summed E-state index contributed by atoms with van der Waals surface area (Å²) in [5.41, 5.74) is 0.263. The van der Waals surface area contributed by atoms with Gasteiger partial charge in [0.2, 0.25) is 5.91 Å². The number of nitrogens with zero attached hydrogens (tertiary/aromatic N) is 2. The number of rotatable bonds is 8. The molecule has 0 saturated heterocycles. The maximum atomic E-state index is 13.1. The van der Waals surface area contributed by atoms with Crippen LogP contribution >= 0.6 is 0 Å². The van der Waals surface area contributed by atoms with Crippen LogP contribution in [0.1, 0.15) is 67.0 Å². The van der Waals surface area contributed by atoms with E-state index in [4.69, 9.17) is 8.94 Å². The highest BCUT2D eigenvalue weighted by Gasteiger charge is 2.28. The average Bonchev–Trinajstić information content (AvgIpc) is 3.19. The van der Waals surface area contributed by atoms with Gasteiger partial charge in [0.15, 0.2) is 11.5 Å². The van der Waals surface area contributed by atoms with Crippen LogP contribution in [0.15, 0.2) is 33.4 Å². The number of hydrogen-bond donors (Lipinski definition) is 1. The van der Waals surface area contributed by atoms with Gasteiger partial charge in [-0.2, -0.15) is 0 Å². The molecule has 2 aromatic rings. The largest absolute Gasteiger partial charge is 0.467 e. The van der Waals surface area contributed by atoms with Gasteiger partial charge >= 0.3 is 0 Å². The molecule has 0 spiro atoms.